The van der Waals surface area contributed by atoms with E-state index in [0.29, 0.717) is 27.7 Å². The molecule has 1 N–H and O–H groups in total. The van der Waals surface area contributed by atoms with Gasteiger partial charge in [0, 0.05) is 11.6 Å². The lowest BCUT2D eigenvalue weighted by Gasteiger charge is -2.19. The standard InChI is InChI=1S/C14H14BrClFNO2/c1-3-18-14(11-4-5-13(16)20-11)8-6-9(15)10(17)7-12(8)19-2/h4-7,14,18H,3H2,1-2H3. The quantitative estimate of drug-likeness (QED) is 0.848. The maximum atomic E-state index is 13.6. The van der Waals surface area contributed by atoms with Gasteiger partial charge in [-0.15, -0.1) is 0 Å². The van der Waals surface area contributed by atoms with E-state index in [4.69, 9.17) is 20.8 Å². The zero-order chi connectivity index (χ0) is 14.7. The minimum Gasteiger partial charge on any atom is -0.496 e. The van der Waals surface area contributed by atoms with Crippen molar-refractivity contribution in [2.45, 2.75) is 13.0 Å². The third-order valence-electron chi connectivity index (χ3n) is 2.87. The third-order valence-corrected chi connectivity index (χ3v) is 3.68. The van der Waals surface area contributed by atoms with E-state index in [-0.39, 0.29) is 11.9 Å². The molecule has 2 aromatic rings. The minimum atomic E-state index is -0.377. The van der Waals surface area contributed by atoms with Crippen molar-refractivity contribution in [1.82, 2.24) is 5.32 Å². The molecule has 3 nitrogen and oxygen atoms in total. The van der Waals surface area contributed by atoms with E-state index in [1.807, 2.05) is 6.92 Å². The van der Waals surface area contributed by atoms with Gasteiger partial charge in [-0.2, -0.15) is 0 Å². The van der Waals surface area contributed by atoms with Crippen molar-refractivity contribution in [2.75, 3.05) is 13.7 Å². The maximum absolute atomic E-state index is 13.6. The third kappa shape index (κ3) is 3.16. The predicted octanol–water partition coefficient (Wildman–Crippen LogP) is 4.54. The fraction of sp³-hybridized carbons (Fsp3) is 0.286. The molecule has 0 fully saturated rings. The van der Waals surface area contributed by atoms with Crippen LogP contribution in [-0.4, -0.2) is 13.7 Å². The van der Waals surface area contributed by atoms with Gasteiger partial charge in [-0.3, -0.25) is 0 Å². The van der Waals surface area contributed by atoms with Crippen molar-refractivity contribution in [2.24, 2.45) is 0 Å². The van der Waals surface area contributed by atoms with E-state index in [9.17, 15) is 4.39 Å². The van der Waals surface area contributed by atoms with Crippen molar-refractivity contribution in [3.05, 3.63) is 51.1 Å². The molecule has 1 aromatic carbocycles. The normalized spacial score (nSPS) is 12.4. The maximum Gasteiger partial charge on any atom is 0.193 e. The summed E-state index contributed by atoms with van der Waals surface area (Å²) >= 11 is 9.02. The van der Waals surface area contributed by atoms with Crippen LogP contribution in [0.1, 0.15) is 24.3 Å². The van der Waals surface area contributed by atoms with Gasteiger partial charge in [0.2, 0.25) is 0 Å². The van der Waals surface area contributed by atoms with E-state index in [2.05, 4.69) is 21.2 Å². The summed E-state index contributed by atoms with van der Waals surface area (Å²) in [7, 11) is 1.50. The summed E-state index contributed by atoms with van der Waals surface area (Å²) < 4.78 is 24.7. The topological polar surface area (TPSA) is 34.4 Å². The van der Waals surface area contributed by atoms with Gasteiger partial charge in [0.1, 0.15) is 17.3 Å². The Morgan fingerprint density at radius 2 is 2.20 bits per heavy atom. The summed E-state index contributed by atoms with van der Waals surface area (Å²) in [6.45, 7) is 2.68. The molecule has 0 aliphatic carbocycles. The molecule has 6 heteroatoms. The summed E-state index contributed by atoms with van der Waals surface area (Å²) in [4.78, 5) is 0. The summed E-state index contributed by atoms with van der Waals surface area (Å²) in [5.41, 5.74) is 0.772. The molecular weight excluding hydrogens is 349 g/mol. The molecule has 0 aliphatic heterocycles. The highest BCUT2D eigenvalue weighted by atomic mass is 79.9. The van der Waals surface area contributed by atoms with Crippen molar-refractivity contribution in [1.29, 1.82) is 0 Å². The van der Waals surface area contributed by atoms with Crippen LogP contribution >= 0.6 is 27.5 Å². The van der Waals surface area contributed by atoms with E-state index < -0.39 is 0 Å². The number of ether oxygens (including phenoxy) is 1. The van der Waals surface area contributed by atoms with Gasteiger partial charge in [-0.05, 0) is 52.3 Å². The predicted molar refractivity (Wildman–Crippen MR) is 79.9 cm³/mol. The molecule has 1 aromatic heterocycles. The lowest BCUT2D eigenvalue weighted by atomic mass is 10.0. The Morgan fingerprint density at radius 1 is 1.45 bits per heavy atom. The fourth-order valence-corrected chi connectivity index (χ4v) is 2.51. The fourth-order valence-electron chi connectivity index (χ4n) is 2.00. The Bertz CT molecular complexity index is 603. The smallest absolute Gasteiger partial charge is 0.193 e. The van der Waals surface area contributed by atoms with Crippen molar-refractivity contribution in [3.63, 3.8) is 0 Å². The van der Waals surface area contributed by atoms with Crippen LogP contribution < -0.4 is 10.1 Å². The number of rotatable bonds is 5. The van der Waals surface area contributed by atoms with E-state index in [1.165, 1.54) is 13.2 Å². The van der Waals surface area contributed by atoms with Gasteiger partial charge in [0.15, 0.2) is 5.22 Å². The second-order valence-electron chi connectivity index (χ2n) is 4.14. The lowest BCUT2D eigenvalue weighted by Crippen LogP contribution is -2.22. The summed E-state index contributed by atoms with van der Waals surface area (Å²) in [6.07, 6.45) is 0. The average molecular weight is 363 g/mol. The van der Waals surface area contributed by atoms with Crippen LogP contribution in [0.2, 0.25) is 5.22 Å². The monoisotopic (exact) mass is 361 g/mol. The molecule has 2 rings (SSSR count). The Hall–Kier alpha value is -1.04. The summed E-state index contributed by atoms with van der Waals surface area (Å²) in [5, 5.41) is 3.58. The number of halogens is 3. The van der Waals surface area contributed by atoms with Crippen molar-refractivity contribution < 1.29 is 13.5 Å². The van der Waals surface area contributed by atoms with Crippen LogP contribution in [0, 0.1) is 5.82 Å². The number of nitrogens with one attached hydrogen (secondary N) is 1. The molecule has 0 radical (unpaired) electrons. The molecule has 1 heterocycles. The molecule has 0 bridgehead atoms. The van der Waals surface area contributed by atoms with E-state index in [1.54, 1.807) is 18.2 Å². The molecule has 1 atom stereocenters. The first-order valence-corrected chi connectivity index (χ1v) is 7.25. The summed E-state index contributed by atoms with van der Waals surface area (Å²) in [6, 6.07) is 6.21. The first kappa shape index (κ1) is 15.4. The molecule has 0 spiro atoms. The highest BCUT2D eigenvalue weighted by Crippen LogP contribution is 2.35. The molecule has 1 unspecified atom stereocenters. The number of methoxy groups -OCH3 is 1. The van der Waals surface area contributed by atoms with Crippen LogP contribution in [0.4, 0.5) is 4.39 Å². The van der Waals surface area contributed by atoms with E-state index in [0.717, 1.165) is 5.56 Å². The minimum absolute atomic E-state index is 0.264. The Morgan fingerprint density at radius 3 is 2.75 bits per heavy atom. The van der Waals surface area contributed by atoms with Crippen molar-refractivity contribution >= 4 is 27.5 Å². The van der Waals surface area contributed by atoms with E-state index >= 15 is 0 Å². The van der Waals surface area contributed by atoms with Crippen molar-refractivity contribution in [3.8, 4) is 5.75 Å². The lowest BCUT2D eigenvalue weighted by molar-refractivity contribution is 0.390. The largest absolute Gasteiger partial charge is 0.496 e. The molecular formula is C14H14BrClFNO2. The first-order valence-electron chi connectivity index (χ1n) is 6.08. The SMILES string of the molecule is CCNC(c1ccc(Cl)o1)c1cc(Br)c(F)cc1OC. The van der Waals surface area contributed by atoms with Gasteiger partial charge in [0.05, 0.1) is 17.6 Å². The number of hydrogen-bond donors (Lipinski definition) is 1. The molecule has 0 saturated carbocycles. The molecule has 20 heavy (non-hydrogen) atoms. The van der Waals surface area contributed by atoms with Crippen LogP contribution in [-0.2, 0) is 0 Å². The van der Waals surface area contributed by atoms with Crippen LogP contribution in [0.25, 0.3) is 0 Å². The van der Waals surface area contributed by atoms with Gasteiger partial charge in [-0.25, -0.2) is 4.39 Å². The molecule has 0 aliphatic rings. The summed E-state index contributed by atoms with van der Waals surface area (Å²) in [5.74, 6) is 0.719. The Balaban J connectivity index is 2.51. The number of benzene rings is 1. The van der Waals surface area contributed by atoms with Crippen LogP contribution in [0.5, 0.6) is 5.75 Å². The highest BCUT2D eigenvalue weighted by Gasteiger charge is 2.22. The first-order chi connectivity index (χ1) is 9.56. The second-order valence-corrected chi connectivity index (χ2v) is 5.37. The van der Waals surface area contributed by atoms with Gasteiger partial charge in [-0.1, -0.05) is 6.92 Å². The molecule has 0 saturated heterocycles. The van der Waals surface area contributed by atoms with Crippen LogP contribution in [0.3, 0.4) is 0 Å². The number of hydrogen-bond acceptors (Lipinski definition) is 3. The van der Waals surface area contributed by atoms with Gasteiger partial charge in [0.25, 0.3) is 0 Å². The zero-order valence-corrected chi connectivity index (χ0v) is 13.4. The number of furan rings is 1. The second kappa shape index (κ2) is 6.61. The van der Waals surface area contributed by atoms with Crippen LogP contribution in [0.15, 0.2) is 33.2 Å². The van der Waals surface area contributed by atoms with Gasteiger partial charge >= 0.3 is 0 Å². The average Bonchev–Trinajstić information content (AvgIpc) is 2.85. The zero-order valence-electron chi connectivity index (χ0n) is 11.0. The molecule has 108 valence electrons. The van der Waals surface area contributed by atoms with Gasteiger partial charge < -0.3 is 14.5 Å². The molecule has 0 amide bonds. The highest BCUT2D eigenvalue weighted by molar-refractivity contribution is 9.10. The Labute approximate surface area is 130 Å². The Kier molecular flexibility index (Phi) is 5.07.